The number of phenols is 1. The van der Waals surface area contributed by atoms with Gasteiger partial charge in [-0.1, -0.05) is 6.07 Å². The van der Waals surface area contributed by atoms with Gasteiger partial charge in [0.1, 0.15) is 17.6 Å². The standard InChI is InChI=1S/C23H20N4O/c1-14-4-9-21-22(10-14)26-23(25-21)18(13-24)12-17-11-15(2)27(16(17)3)19-5-7-20(28)8-6-19/h4-12,28H,1-3H3,(H,25,26)/b18-12-. The zero-order valence-corrected chi connectivity index (χ0v) is 16.0. The number of aryl methyl sites for hydroxylation is 2. The number of phenolic OH excluding ortho intramolecular Hbond substituents is 1. The first-order valence-corrected chi connectivity index (χ1v) is 9.03. The molecule has 28 heavy (non-hydrogen) atoms. The smallest absolute Gasteiger partial charge is 0.149 e. The second-order valence-corrected chi connectivity index (χ2v) is 6.95. The fourth-order valence-electron chi connectivity index (χ4n) is 3.49. The molecule has 0 bridgehead atoms. The number of hydrogen-bond donors (Lipinski definition) is 2. The van der Waals surface area contributed by atoms with Crippen molar-refractivity contribution in [2.45, 2.75) is 20.8 Å². The van der Waals surface area contributed by atoms with Crippen molar-refractivity contribution >= 4 is 22.7 Å². The molecule has 0 fully saturated rings. The van der Waals surface area contributed by atoms with E-state index < -0.39 is 0 Å². The number of allylic oxidation sites excluding steroid dienone is 1. The number of aromatic hydroxyl groups is 1. The summed E-state index contributed by atoms with van der Waals surface area (Å²) < 4.78 is 2.10. The fourth-order valence-corrected chi connectivity index (χ4v) is 3.49. The average molecular weight is 368 g/mol. The lowest BCUT2D eigenvalue weighted by molar-refractivity contribution is 0.475. The number of nitriles is 1. The largest absolute Gasteiger partial charge is 0.508 e. The van der Waals surface area contributed by atoms with E-state index in [-0.39, 0.29) is 5.75 Å². The minimum atomic E-state index is 0.234. The number of nitrogens with one attached hydrogen (secondary N) is 1. The van der Waals surface area contributed by atoms with Gasteiger partial charge in [0.15, 0.2) is 0 Å². The summed E-state index contributed by atoms with van der Waals surface area (Å²) in [7, 11) is 0. The Morgan fingerprint density at radius 2 is 1.86 bits per heavy atom. The second kappa shape index (κ2) is 6.75. The molecule has 2 N–H and O–H groups in total. The molecule has 0 saturated carbocycles. The maximum Gasteiger partial charge on any atom is 0.149 e. The maximum absolute atomic E-state index is 9.72. The molecular weight excluding hydrogens is 348 g/mol. The third-order valence-corrected chi connectivity index (χ3v) is 4.89. The molecule has 2 aromatic heterocycles. The lowest BCUT2D eigenvalue weighted by atomic mass is 10.1. The molecule has 0 unspecified atom stereocenters. The molecule has 0 aliphatic heterocycles. The predicted molar refractivity (Wildman–Crippen MR) is 111 cm³/mol. The summed E-state index contributed by atoms with van der Waals surface area (Å²) >= 11 is 0. The Balaban J connectivity index is 1.79. The predicted octanol–water partition coefficient (Wildman–Crippen LogP) is 5.05. The summed E-state index contributed by atoms with van der Waals surface area (Å²) in [5.74, 6) is 0.802. The number of aromatic amines is 1. The highest BCUT2D eigenvalue weighted by Gasteiger charge is 2.13. The van der Waals surface area contributed by atoms with Gasteiger partial charge in [-0.3, -0.25) is 0 Å². The molecule has 0 aliphatic carbocycles. The van der Waals surface area contributed by atoms with Gasteiger partial charge in [-0.15, -0.1) is 0 Å². The maximum atomic E-state index is 9.72. The summed E-state index contributed by atoms with van der Waals surface area (Å²) in [5.41, 5.74) is 7.38. The van der Waals surface area contributed by atoms with Gasteiger partial charge in [0.25, 0.3) is 0 Å². The van der Waals surface area contributed by atoms with Crippen LogP contribution in [-0.2, 0) is 0 Å². The number of H-pyrrole nitrogens is 1. The second-order valence-electron chi connectivity index (χ2n) is 6.95. The number of nitrogens with zero attached hydrogens (tertiary/aromatic N) is 3. The van der Waals surface area contributed by atoms with Crippen LogP contribution < -0.4 is 0 Å². The lowest BCUT2D eigenvalue weighted by Crippen LogP contribution is -1.98. The summed E-state index contributed by atoms with van der Waals surface area (Å²) in [6.07, 6.45) is 1.86. The highest BCUT2D eigenvalue weighted by molar-refractivity contribution is 5.91. The minimum absolute atomic E-state index is 0.234. The van der Waals surface area contributed by atoms with Gasteiger partial charge in [-0.05, 0) is 80.4 Å². The fraction of sp³-hybridized carbons (Fsp3) is 0.130. The van der Waals surface area contributed by atoms with E-state index >= 15 is 0 Å². The topological polar surface area (TPSA) is 77.6 Å². The number of imidazole rings is 1. The van der Waals surface area contributed by atoms with Crippen molar-refractivity contribution < 1.29 is 5.11 Å². The molecule has 0 aliphatic rings. The van der Waals surface area contributed by atoms with Crippen molar-refractivity contribution in [2.24, 2.45) is 0 Å². The molecule has 2 heterocycles. The van der Waals surface area contributed by atoms with Gasteiger partial charge in [-0.2, -0.15) is 5.26 Å². The van der Waals surface area contributed by atoms with E-state index in [1.807, 2.05) is 63.2 Å². The van der Waals surface area contributed by atoms with Crippen LogP contribution in [0.4, 0.5) is 0 Å². The van der Waals surface area contributed by atoms with Crippen molar-refractivity contribution in [3.05, 3.63) is 76.9 Å². The summed E-state index contributed by atoms with van der Waals surface area (Å²) in [5, 5.41) is 19.3. The quantitative estimate of drug-likeness (QED) is 0.497. The van der Waals surface area contributed by atoms with Gasteiger partial charge in [-0.25, -0.2) is 4.98 Å². The van der Waals surface area contributed by atoms with Crippen molar-refractivity contribution in [1.29, 1.82) is 5.26 Å². The van der Waals surface area contributed by atoms with Crippen molar-refractivity contribution in [3.63, 3.8) is 0 Å². The van der Waals surface area contributed by atoms with E-state index in [1.54, 1.807) is 12.1 Å². The van der Waals surface area contributed by atoms with Crippen LogP contribution in [0.25, 0.3) is 28.4 Å². The van der Waals surface area contributed by atoms with E-state index in [4.69, 9.17) is 0 Å². The summed E-state index contributed by atoms with van der Waals surface area (Å²) in [6.45, 7) is 6.06. The van der Waals surface area contributed by atoms with Crippen LogP contribution in [0.3, 0.4) is 0 Å². The van der Waals surface area contributed by atoms with Crippen molar-refractivity contribution in [3.8, 4) is 17.5 Å². The summed E-state index contributed by atoms with van der Waals surface area (Å²) in [4.78, 5) is 7.82. The molecule has 0 spiro atoms. The third-order valence-electron chi connectivity index (χ3n) is 4.89. The summed E-state index contributed by atoms with van der Waals surface area (Å²) in [6, 6.07) is 17.4. The van der Waals surface area contributed by atoms with Crippen LogP contribution in [0, 0.1) is 32.1 Å². The molecule has 138 valence electrons. The molecule has 0 atom stereocenters. The van der Waals surface area contributed by atoms with Crippen LogP contribution in [0.2, 0.25) is 0 Å². The Kier molecular flexibility index (Phi) is 4.25. The van der Waals surface area contributed by atoms with E-state index in [9.17, 15) is 10.4 Å². The molecule has 5 nitrogen and oxygen atoms in total. The molecule has 0 saturated heterocycles. The molecule has 4 aromatic rings. The first-order valence-electron chi connectivity index (χ1n) is 9.03. The van der Waals surface area contributed by atoms with Gasteiger partial charge in [0.2, 0.25) is 0 Å². The van der Waals surface area contributed by atoms with Crippen LogP contribution in [0.1, 0.15) is 28.3 Å². The Labute approximate surface area is 163 Å². The monoisotopic (exact) mass is 368 g/mol. The molecule has 5 heteroatoms. The Bertz CT molecular complexity index is 1250. The molecule has 0 amide bonds. The van der Waals surface area contributed by atoms with Crippen LogP contribution >= 0.6 is 0 Å². The van der Waals surface area contributed by atoms with Crippen LogP contribution in [0.15, 0.2) is 48.5 Å². The number of rotatable bonds is 3. The molecular formula is C23H20N4O. The Morgan fingerprint density at radius 1 is 1.11 bits per heavy atom. The lowest BCUT2D eigenvalue weighted by Gasteiger charge is -2.09. The third kappa shape index (κ3) is 3.06. The van der Waals surface area contributed by atoms with E-state index in [0.717, 1.165) is 39.2 Å². The Morgan fingerprint density at radius 3 is 2.57 bits per heavy atom. The number of fused-ring (bicyclic) bond motifs is 1. The minimum Gasteiger partial charge on any atom is -0.508 e. The first-order chi connectivity index (χ1) is 13.5. The van der Waals surface area contributed by atoms with Gasteiger partial charge in [0, 0.05) is 17.1 Å². The average Bonchev–Trinajstić information content (AvgIpc) is 3.20. The Hall–Kier alpha value is -3.78. The van der Waals surface area contributed by atoms with Crippen molar-refractivity contribution in [2.75, 3.05) is 0 Å². The normalized spacial score (nSPS) is 11.7. The van der Waals surface area contributed by atoms with E-state index in [0.29, 0.717) is 11.4 Å². The van der Waals surface area contributed by atoms with Crippen LogP contribution in [0.5, 0.6) is 5.75 Å². The number of aromatic nitrogens is 3. The van der Waals surface area contributed by atoms with Crippen molar-refractivity contribution in [1.82, 2.24) is 14.5 Å². The van der Waals surface area contributed by atoms with E-state index in [1.165, 1.54) is 0 Å². The highest BCUT2D eigenvalue weighted by atomic mass is 16.3. The van der Waals surface area contributed by atoms with Gasteiger partial charge >= 0.3 is 0 Å². The highest BCUT2D eigenvalue weighted by Crippen LogP contribution is 2.26. The molecule has 0 radical (unpaired) electrons. The number of hydrogen-bond acceptors (Lipinski definition) is 3. The van der Waals surface area contributed by atoms with Gasteiger partial charge in [0.05, 0.1) is 16.6 Å². The van der Waals surface area contributed by atoms with Gasteiger partial charge < -0.3 is 14.7 Å². The van der Waals surface area contributed by atoms with E-state index in [2.05, 4.69) is 20.6 Å². The SMILES string of the molecule is Cc1ccc2nc(/C(C#N)=C\c3cc(C)n(-c4ccc(O)cc4)c3C)[nH]c2c1. The first kappa shape index (κ1) is 17.6. The number of benzene rings is 2. The van der Waals surface area contributed by atoms with Crippen LogP contribution in [-0.4, -0.2) is 19.6 Å². The zero-order chi connectivity index (χ0) is 19.8. The zero-order valence-electron chi connectivity index (χ0n) is 16.0. The molecule has 4 rings (SSSR count). The molecule has 2 aromatic carbocycles.